The van der Waals surface area contributed by atoms with Crippen LogP contribution in [0.25, 0.3) is 10.8 Å². The number of rotatable bonds is 7. The number of carbonyl (C=O) groups is 1. The summed E-state index contributed by atoms with van der Waals surface area (Å²) >= 11 is 0. The highest BCUT2D eigenvalue weighted by atomic mass is 32.2. The van der Waals surface area contributed by atoms with Crippen molar-refractivity contribution < 1.29 is 17.9 Å². The second kappa shape index (κ2) is 9.71. The molecule has 6 nitrogen and oxygen atoms in total. The number of carbonyl (C=O) groups excluding carboxylic acids is 1. The van der Waals surface area contributed by atoms with Gasteiger partial charge in [-0.15, -0.1) is 0 Å². The highest BCUT2D eigenvalue weighted by Crippen LogP contribution is 2.26. The fourth-order valence-electron chi connectivity index (χ4n) is 4.17. The van der Waals surface area contributed by atoms with E-state index in [0.29, 0.717) is 38.3 Å². The van der Waals surface area contributed by atoms with Crippen molar-refractivity contribution in [3.8, 4) is 5.75 Å². The lowest BCUT2D eigenvalue weighted by Crippen LogP contribution is -2.45. The van der Waals surface area contributed by atoms with E-state index in [2.05, 4.69) is 5.32 Å². The lowest BCUT2D eigenvalue weighted by atomic mass is 9.98. The molecule has 0 aliphatic carbocycles. The van der Waals surface area contributed by atoms with Crippen molar-refractivity contribution in [2.24, 2.45) is 5.92 Å². The van der Waals surface area contributed by atoms with E-state index in [-0.39, 0.29) is 23.3 Å². The van der Waals surface area contributed by atoms with Crippen LogP contribution in [0.3, 0.4) is 0 Å². The Balaban J connectivity index is 1.42. The molecule has 168 valence electrons. The number of hydrogen-bond donors (Lipinski definition) is 1. The van der Waals surface area contributed by atoms with Crippen molar-refractivity contribution in [3.05, 3.63) is 72.3 Å². The van der Waals surface area contributed by atoms with Gasteiger partial charge in [-0.25, -0.2) is 8.42 Å². The fraction of sp³-hybridized carbons (Fsp3) is 0.320. The summed E-state index contributed by atoms with van der Waals surface area (Å²) in [4.78, 5) is 13.1. The largest absolute Gasteiger partial charge is 0.494 e. The van der Waals surface area contributed by atoms with Gasteiger partial charge in [-0.3, -0.25) is 4.79 Å². The lowest BCUT2D eigenvalue weighted by Gasteiger charge is -2.31. The average molecular weight is 453 g/mol. The van der Waals surface area contributed by atoms with E-state index in [4.69, 9.17) is 4.74 Å². The van der Waals surface area contributed by atoms with Crippen molar-refractivity contribution in [2.45, 2.75) is 31.2 Å². The number of piperidine rings is 1. The zero-order valence-electron chi connectivity index (χ0n) is 18.2. The van der Waals surface area contributed by atoms with Gasteiger partial charge in [0.15, 0.2) is 0 Å². The third-order valence-corrected chi connectivity index (χ3v) is 7.74. The maximum absolute atomic E-state index is 13.1. The molecule has 1 N–H and O–H groups in total. The van der Waals surface area contributed by atoms with Crippen LogP contribution in [0.2, 0.25) is 0 Å². The number of amides is 1. The molecule has 0 bridgehead atoms. The van der Waals surface area contributed by atoms with Gasteiger partial charge in [0.1, 0.15) is 5.75 Å². The summed E-state index contributed by atoms with van der Waals surface area (Å²) < 4.78 is 33.0. The molecule has 1 amide bonds. The highest BCUT2D eigenvalue weighted by Gasteiger charge is 2.33. The highest BCUT2D eigenvalue weighted by molar-refractivity contribution is 7.89. The first-order valence-electron chi connectivity index (χ1n) is 11.0. The van der Waals surface area contributed by atoms with Gasteiger partial charge >= 0.3 is 0 Å². The molecule has 1 aliphatic heterocycles. The SMILES string of the molecule is CCOc1ccc(S(=O)(=O)N2CCC[C@H](C(=O)NCc3cccc4ccccc34)C2)cc1. The Labute approximate surface area is 189 Å². The van der Waals surface area contributed by atoms with Crippen LogP contribution in [0.15, 0.2) is 71.6 Å². The van der Waals surface area contributed by atoms with E-state index >= 15 is 0 Å². The third kappa shape index (κ3) is 4.79. The van der Waals surface area contributed by atoms with Crippen LogP contribution in [0.4, 0.5) is 0 Å². The molecular formula is C25H28N2O4S. The molecule has 1 atom stereocenters. The molecule has 0 spiro atoms. The zero-order chi connectivity index (χ0) is 22.6. The first-order valence-corrected chi connectivity index (χ1v) is 12.4. The van der Waals surface area contributed by atoms with Crippen LogP contribution in [0.1, 0.15) is 25.3 Å². The molecule has 1 fully saturated rings. The van der Waals surface area contributed by atoms with Crippen molar-refractivity contribution in [2.75, 3.05) is 19.7 Å². The minimum atomic E-state index is -3.66. The molecule has 32 heavy (non-hydrogen) atoms. The Morgan fingerprint density at radius 3 is 2.59 bits per heavy atom. The van der Waals surface area contributed by atoms with Crippen LogP contribution < -0.4 is 10.1 Å². The Morgan fingerprint density at radius 1 is 1.06 bits per heavy atom. The molecule has 4 rings (SSSR count). The molecular weight excluding hydrogens is 424 g/mol. The Hall–Kier alpha value is -2.90. The van der Waals surface area contributed by atoms with Crippen LogP contribution in [-0.2, 0) is 21.4 Å². The second-order valence-corrected chi connectivity index (χ2v) is 9.90. The van der Waals surface area contributed by atoms with E-state index in [1.165, 1.54) is 4.31 Å². The summed E-state index contributed by atoms with van der Waals surface area (Å²) in [6.07, 6.45) is 1.33. The zero-order valence-corrected chi connectivity index (χ0v) is 19.0. The van der Waals surface area contributed by atoms with Crippen molar-refractivity contribution >= 4 is 26.7 Å². The molecule has 1 aliphatic rings. The van der Waals surface area contributed by atoms with Crippen molar-refractivity contribution in [1.82, 2.24) is 9.62 Å². The van der Waals surface area contributed by atoms with Crippen LogP contribution in [0, 0.1) is 5.92 Å². The second-order valence-electron chi connectivity index (χ2n) is 7.96. The molecule has 3 aromatic carbocycles. The normalized spacial score (nSPS) is 17.2. The summed E-state index contributed by atoms with van der Waals surface area (Å²) in [6.45, 7) is 3.43. The first kappa shape index (κ1) is 22.3. The Kier molecular flexibility index (Phi) is 6.77. The predicted molar refractivity (Wildman–Crippen MR) is 125 cm³/mol. The molecule has 0 aromatic heterocycles. The van der Waals surface area contributed by atoms with Gasteiger partial charge in [0, 0.05) is 19.6 Å². The van der Waals surface area contributed by atoms with Gasteiger partial charge in [0.05, 0.1) is 17.4 Å². The van der Waals surface area contributed by atoms with E-state index in [1.807, 2.05) is 49.4 Å². The first-order chi connectivity index (χ1) is 15.5. The maximum Gasteiger partial charge on any atom is 0.243 e. The third-order valence-electron chi connectivity index (χ3n) is 5.86. The van der Waals surface area contributed by atoms with E-state index < -0.39 is 10.0 Å². The number of sulfonamides is 1. The minimum absolute atomic E-state index is 0.107. The summed E-state index contributed by atoms with van der Waals surface area (Å²) in [7, 11) is -3.66. The van der Waals surface area contributed by atoms with Gasteiger partial charge in [0.2, 0.25) is 15.9 Å². The van der Waals surface area contributed by atoms with E-state index in [9.17, 15) is 13.2 Å². The fourth-order valence-corrected chi connectivity index (χ4v) is 5.70. The van der Waals surface area contributed by atoms with Gasteiger partial charge in [-0.05, 0) is 60.4 Å². The summed E-state index contributed by atoms with van der Waals surface area (Å²) in [5, 5.41) is 5.26. The summed E-state index contributed by atoms with van der Waals surface area (Å²) in [6, 6.07) is 20.5. The van der Waals surface area contributed by atoms with Crippen molar-refractivity contribution in [3.63, 3.8) is 0 Å². The number of hydrogen-bond acceptors (Lipinski definition) is 4. The average Bonchev–Trinajstić information content (AvgIpc) is 2.83. The van der Waals surface area contributed by atoms with Crippen LogP contribution >= 0.6 is 0 Å². The van der Waals surface area contributed by atoms with E-state index in [1.54, 1.807) is 24.3 Å². The maximum atomic E-state index is 13.1. The minimum Gasteiger partial charge on any atom is -0.494 e. The van der Waals surface area contributed by atoms with Crippen molar-refractivity contribution in [1.29, 1.82) is 0 Å². The Morgan fingerprint density at radius 2 is 1.81 bits per heavy atom. The van der Waals surface area contributed by atoms with Crippen LogP contribution in [0.5, 0.6) is 5.75 Å². The molecule has 3 aromatic rings. The molecule has 1 heterocycles. The number of benzene rings is 3. The van der Waals surface area contributed by atoms with Crippen LogP contribution in [-0.4, -0.2) is 38.3 Å². The molecule has 0 radical (unpaired) electrons. The quantitative estimate of drug-likeness (QED) is 0.589. The van der Waals surface area contributed by atoms with Gasteiger partial charge in [0.25, 0.3) is 0 Å². The predicted octanol–water partition coefficient (Wildman–Crippen LogP) is 3.96. The number of ether oxygens (including phenoxy) is 1. The lowest BCUT2D eigenvalue weighted by molar-refractivity contribution is -0.126. The number of nitrogens with zero attached hydrogens (tertiary/aromatic N) is 1. The molecule has 0 saturated carbocycles. The summed E-state index contributed by atoms with van der Waals surface area (Å²) in [5.74, 6) is 0.163. The molecule has 7 heteroatoms. The monoisotopic (exact) mass is 452 g/mol. The van der Waals surface area contributed by atoms with Gasteiger partial charge in [-0.1, -0.05) is 42.5 Å². The van der Waals surface area contributed by atoms with Gasteiger partial charge in [-0.2, -0.15) is 4.31 Å². The molecule has 0 unspecified atom stereocenters. The standard InChI is InChI=1S/C25H28N2O4S/c1-2-31-22-12-14-23(15-13-22)32(29,30)27-16-6-10-21(18-27)25(28)26-17-20-9-5-8-19-7-3-4-11-24(19)20/h3-5,7-9,11-15,21H,2,6,10,16-18H2,1H3,(H,26,28)/t21-/m0/s1. The van der Waals surface area contributed by atoms with Gasteiger partial charge < -0.3 is 10.1 Å². The number of nitrogens with one attached hydrogen (secondary N) is 1. The smallest absolute Gasteiger partial charge is 0.243 e. The number of fused-ring (bicyclic) bond motifs is 1. The Bertz CT molecular complexity index is 1190. The topological polar surface area (TPSA) is 75.7 Å². The van der Waals surface area contributed by atoms with E-state index in [0.717, 1.165) is 16.3 Å². The molecule has 1 saturated heterocycles. The summed E-state index contributed by atoms with van der Waals surface area (Å²) in [5.41, 5.74) is 1.05.